The van der Waals surface area contributed by atoms with Gasteiger partial charge >= 0.3 is 0 Å². The number of methoxy groups -OCH3 is 1. The zero-order valence-corrected chi connectivity index (χ0v) is 16.3. The van der Waals surface area contributed by atoms with E-state index in [9.17, 15) is 18.8 Å². The number of carbonyl (C=O) groups excluding carboxylic acids is 3. The SMILES string of the molecule is COc1cccc(C[C@@H](NC(=O)[C@@H](Cc2ccc(F)cc2)NC(C)=O)C(N)=O)c1. The van der Waals surface area contributed by atoms with E-state index in [0.29, 0.717) is 11.3 Å². The molecule has 2 aromatic rings. The van der Waals surface area contributed by atoms with Crippen LogP contribution in [0.4, 0.5) is 4.39 Å². The van der Waals surface area contributed by atoms with Gasteiger partial charge in [0.05, 0.1) is 7.11 Å². The second kappa shape index (κ2) is 10.2. The Morgan fingerprint density at radius 2 is 1.66 bits per heavy atom. The molecule has 0 radical (unpaired) electrons. The molecule has 0 bridgehead atoms. The minimum absolute atomic E-state index is 0.135. The van der Waals surface area contributed by atoms with Crippen LogP contribution in [0, 0.1) is 5.82 Å². The zero-order valence-electron chi connectivity index (χ0n) is 16.3. The largest absolute Gasteiger partial charge is 0.497 e. The summed E-state index contributed by atoms with van der Waals surface area (Å²) in [6, 6.07) is 10.7. The number of carbonyl (C=O) groups is 3. The average molecular weight is 401 g/mol. The maximum absolute atomic E-state index is 13.1. The average Bonchev–Trinajstić information content (AvgIpc) is 2.68. The van der Waals surface area contributed by atoms with Crippen molar-refractivity contribution in [3.05, 3.63) is 65.5 Å². The van der Waals surface area contributed by atoms with Crippen LogP contribution in [0.1, 0.15) is 18.1 Å². The third-order valence-electron chi connectivity index (χ3n) is 4.28. The highest BCUT2D eigenvalue weighted by Gasteiger charge is 2.25. The van der Waals surface area contributed by atoms with Gasteiger partial charge in [0.1, 0.15) is 23.7 Å². The van der Waals surface area contributed by atoms with Crippen LogP contribution in [0.2, 0.25) is 0 Å². The van der Waals surface area contributed by atoms with E-state index >= 15 is 0 Å². The van der Waals surface area contributed by atoms with Gasteiger partial charge < -0.3 is 21.1 Å². The molecule has 0 heterocycles. The lowest BCUT2D eigenvalue weighted by atomic mass is 10.0. The molecule has 0 aliphatic rings. The molecule has 2 atom stereocenters. The van der Waals surface area contributed by atoms with Crippen molar-refractivity contribution in [3.63, 3.8) is 0 Å². The molecule has 0 aromatic heterocycles. The molecule has 0 fully saturated rings. The van der Waals surface area contributed by atoms with E-state index in [-0.39, 0.29) is 12.8 Å². The topological polar surface area (TPSA) is 111 Å². The van der Waals surface area contributed by atoms with Crippen molar-refractivity contribution in [1.29, 1.82) is 0 Å². The molecule has 154 valence electrons. The Labute approximate surface area is 168 Å². The lowest BCUT2D eigenvalue weighted by Gasteiger charge is -2.22. The van der Waals surface area contributed by atoms with Crippen molar-refractivity contribution in [2.75, 3.05) is 7.11 Å². The number of rotatable bonds is 9. The number of halogens is 1. The molecule has 0 spiro atoms. The molecule has 4 N–H and O–H groups in total. The number of hydrogen-bond acceptors (Lipinski definition) is 4. The quantitative estimate of drug-likeness (QED) is 0.584. The molecule has 0 unspecified atom stereocenters. The van der Waals surface area contributed by atoms with E-state index in [1.807, 2.05) is 0 Å². The molecule has 0 saturated heterocycles. The normalized spacial score (nSPS) is 12.5. The first-order valence-electron chi connectivity index (χ1n) is 9.02. The number of benzene rings is 2. The minimum atomic E-state index is -0.973. The predicted octanol–water partition coefficient (Wildman–Crippen LogP) is 1.09. The first kappa shape index (κ1) is 21.9. The summed E-state index contributed by atoms with van der Waals surface area (Å²) >= 11 is 0. The summed E-state index contributed by atoms with van der Waals surface area (Å²) in [6.07, 6.45) is 0.304. The summed E-state index contributed by atoms with van der Waals surface area (Å²) in [5.74, 6) is -1.46. The Morgan fingerprint density at radius 1 is 1.00 bits per heavy atom. The van der Waals surface area contributed by atoms with Crippen LogP contribution in [0.15, 0.2) is 48.5 Å². The smallest absolute Gasteiger partial charge is 0.243 e. The van der Waals surface area contributed by atoms with Crippen molar-refractivity contribution < 1.29 is 23.5 Å². The highest BCUT2D eigenvalue weighted by molar-refractivity contribution is 5.91. The van der Waals surface area contributed by atoms with Gasteiger partial charge in [-0.25, -0.2) is 4.39 Å². The molecule has 2 rings (SSSR count). The molecular formula is C21H24FN3O4. The summed E-state index contributed by atoms with van der Waals surface area (Å²) in [4.78, 5) is 36.2. The lowest BCUT2D eigenvalue weighted by molar-refractivity contribution is -0.130. The first-order valence-corrected chi connectivity index (χ1v) is 9.02. The molecule has 29 heavy (non-hydrogen) atoms. The van der Waals surface area contributed by atoms with Crippen LogP contribution in [-0.2, 0) is 27.2 Å². The van der Waals surface area contributed by atoms with E-state index in [1.165, 1.54) is 38.3 Å². The second-order valence-electron chi connectivity index (χ2n) is 6.60. The van der Waals surface area contributed by atoms with Crippen molar-refractivity contribution in [3.8, 4) is 5.75 Å². The number of hydrogen-bond donors (Lipinski definition) is 3. The van der Waals surface area contributed by atoms with E-state index in [0.717, 1.165) is 5.56 Å². The van der Waals surface area contributed by atoms with Crippen LogP contribution < -0.4 is 21.1 Å². The number of primary amides is 1. The molecule has 0 aliphatic carbocycles. The van der Waals surface area contributed by atoms with Gasteiger partial charge in [0.25, 0.3) is 0 Å². The molecule has 7 nitrogen and oxygen atoms in total. The van der Waals surface area contributed by atoms with Crippen molar-refractivity contribution >= 4 is 17.7 Å². The summed E-state index contributed by atoms with van der Waals surface area (Å²) in [7, 11) is 1.53. The number of ether oxygens (including phenoxy) is 1. The number of nitrogens with one attached hydrogen (secondary N) is 2. The third-order valence-corrected chi connectivity index (χ3v) is 4.28. The minimum Gasteiger partial charge on any atom is -0.497 e. The summed E-state index contributed by atoms with van der Waals surface area (Å²) in [5.41, 5.74) is 6.87. The number of nitrogens with two attached hydrogens (primary N) is 1. The molecule has 0 saturated carbocycles. The van der Waals surface area contributed by atoms with Gasteiger partial charge in [-0.05, 0) is 35.4 Å². The van der Waals surface area contributed by atoms with Gasteiger partial charge in [-0.15, -0.1) is 0 Å². The third kappa shape index (κ3) is 6.91. The molecular weight excluding hydrogens is 377 g/mol. The van der Waals surface area contributed by atoms with Crippen molar-refractivity contribution in [2.24, 2.45) is 5.73 Å². The van der Waals surface area contributed by atoms with Crippen LogP contribution >= 0.6 is 0 Å². The predicted molar refractivity (Wildman–Crippen MR) is 106 cm³/mol. The molecule has 8 heteroatoms. The molecule has 0 aliphatic heterocycles. The van der Waals surface area contributed by atoms with E-state index in [1.54, 1.807) is 24.3 Å². The summed E-state index contributed by atoms with van der Waals surface area (Å²) < 4.78 is 18.3. The van der Waals surface area contributed by atoms with Gasteiger partial charge in [-0.2, -0.15) is 0 Å². The van der Waals surface area contributed by atoms with Gasteiger partial charge in [-0.1, -0.05) is 24.3 Å². The van der Waals surface area contributed by atoms with Crippen LogP contribution in [-0.4, -0.2) is 36.9 Å². The summed E-state index contributed by atoms with van der Waals surface area (Å²) in [5, 5.41) is 5.15. The van der Waals surface area contributed by atoms with Gasteiger partial charge in [0.15, 0.2) is 0 Å². The van der Waals surface area contributed by atoms with Gasteiger partial charge in [-0.3, -0.25) is 14.4 Å². The fourth-order valence-electron chi connectivity index (χ4n) is 2.84. The second-order valence-corrected chi connectivity index (χ2v) is 6.60. The molecule has 2 aromatic carbocycles. The van der Waals surface area contributed by atoms with E-state index in [4.69, 9.17) is 10.5 Å². The fraction of sp³-hybridized carbons (Fsp3) is 0.286. The highest BCUT2D eigenvalue weighted by Crippen LogP contribution is 2.14. The van der Waals surface area contributed by atoms with E-state index < -0.39 is 35.6 Å². The maximum Gasteiger partial charge on any atom is 0.243 e. The summed E-state index contributed by atoms with van der Waals surface area (Å²) in [6.45, 7) is 1.28. The lowest BCUT2D eigenvalue weighted by Crippen LogP contribution is -2.54. The van der Waals surface area contributed by atoms with E-state index in [2.05, 4.69) is 10.6 Å². The Bertz CT molecular complexity index is 870. The monoisotopic (exact) mass is 401 g/mol. The Hall–Kier alpha value is -3.42. The maximum atomic E-state index is 13.1. The van der Waals surface area contributed by atoms with Gasteiger partial charge in [0, 0.05) is 19.8 Å². The first-order chi connectivity index (χ1) is 13.8. The Kier molecular flexibility index (Phi) is 7.70. The highest BCUT2D eigenvalue weighted by atomic mass is 19.1. The molecule has 3 amide bonds. The number of amides is 3. The zero-order chi connectivity index (χ0) is 21.4. The van der Waals surface area contributed by atoms with Crippen molar-refractivity contribution in [2.45, 2.75) is 31.8 Å². The Morgan fingerprint density at radius 3 is 2.24 bits per heavy atom. The van der Waals surface area contributed by atoms with Crippen LogP contribution in [0.25, 0.3) is 0 Å². The standard InChI is InChI=1S/C21H24FN3O4/c1-13(26)24-19(11-14-6-8-16(22)9-7-14)21(28)25-18(20(23)27)12-15-4-3-5-17(10-15)29-2/h3-10,18-19H,11-12H2,1-2H3,(H2,23,27)(H,24,26)(H,25,28)/t18-,19-/m1/s1. The van der Waals surface area contributed by atoms with Gasteiger partial charge in [0.2, 0.25) is 17.7 Å². The van der Waals surface area contributed by atoms with Crippen molar-refractivity contribution in [1.82, 2.24) is 10.6 Å². The Balaban J connectivity index is 2.13. The van der Waals surface area contributed by atoms with Crippen LogP contribution in [0.3, 0.4) is 0 Å². The fourth-order valence-corrected chi connectivity index (χ4v) is 2.84. The van der Waals surface area contributed by atoms with Crippen LogP contribution in [0.5, 0.6) is 5.75 Å².